The Morgan fingerprint density at radius 3 is 2.56 bits per heavy atom. The van der Waals surface area contributed by atoms with E-state index in [-0.39, 0.29) is 35.0 Å². The normalized spacial score (nSPS) is 16.0. The van der Waals surface area contributed by atoms with Crippen LogP contribution in [0, 0.1) is 6.92 Å². The summed E-state index contributed by atoms with van der Waals surface area (Å²) in [4.78, 5) is 47.7. The first kappa shape index (κ1) is 37.7. The lowest BCUT2D eigenvalue weighted by Gasteiger charge is -2.29. The number of rotatable bonds is 11. The largest absolute Gasteiger partial charge is 0.374 e. The molecule has 2 aliphatic heterocycles. The molecular formula is C44H47N9O4. The van der Waals surface area contributed by atoms with Crippen LogP contribution in [-0.2, 0) is 40.9 Å². The number of imide groups is 1. The maximum Gasteiger partial charge on any atom is 0.292 e. The van der Waals surface area contributed by atoms with Crippen molar-refractivity contribution >= 4 is 28.9 Å². The second-order valence-corrected chi connectivity index (χ2v) is 16.1. The minimum absolute atomic E-state index is 0.0262. The number of nitrogens with one attached hydrogen (secondary N) is 3. The molecular weight excluding hydrogens is 719 g/mol. The Kier molecular flexibility index (Phi) is 10.4. The van der Waals surface area contributed by atoms with E-state index in [0.717, 1.165) is 83.6 Å². The van der Waals surface area contributed by atoms with E-state index >= 15 is 0 Å². The van der Waals surface area contributed by atoms with Crippen molar-refractivity contribution < 1.29 is 18.9 Å². The van der Waals surface area contributed by atoms with E-state index in [1.54, 1.807) is 6.33 Å². The van der Waals surface area contributed by atoms with Gasteiger partial charge in [0.25, 0.3) is 11.7 Å². The van der Waals surface area contributed by atoms with Crippen LogP contribution in [0.2, 0.25) is 0 Å². The molecule has 13 heteroatoms. The van der Waals surface area contributed by atoms with Gasteiger partial charge in [0.15, 0.2) is 0 Å². The van der Waals surface area contributed by atoms with Crippen LogP contribution in [0.15, 0.2) is 83.8 Å². The highest BCUT2D eigenvalue weighted by atomic mass is 16.5. The molecule has 3 aromatic heterocycles. The molecule has 8 rings (SSSR count). The van der Waals surface area contributed by atoms with Crippen molar-refractivity contribution in [3.8, 4) is 22.4 Å². The van der Waals surface area contributed by atoms with Crippen molar-refractivity contribution in [3.05, 3.63) is 119 Å². The van der Waals surface area contributed by atoms with Crippen LogP contribution < -0.4 is 16.0 Å². The van der Waals surface area contributed by atoms with Gasteiger partial charge < -0.3 is 15.2 Å². The summed E-state index contributed by atoms with van der Waals surface area (Å²) in [5.74, 6) is -0.397. The van der Waals surface area contributed by atoms with E-state index in [4.69, 9.17) is 4.52 Å². The number of hydrogen-bond acceptors (Lipinski definition) is 10. The summed E-state index contributed by atoms with van der Waals surface area (Å²) >= 11 is 0. The van der Waals surface area contributed by atoms with Gasteiger partial charge in [-0.1, -0.05) is 68.4 Å². The smallest absolute Gasteiger partial charge is 0.292 e. The van der Waals surface area contributed by atoms with E-state index in [1.165, 1.54) is 16.7 Å². The zero-order chi connectivity index (χ0) is 39.7. The van der Waals surface area contributed by atoms with E-state index < -0.39 is 0 Å². The zero-order valence-electron chi connectivity index (χ0n) is 32.8. The minimum Gasteiger partial charge on any atom is -0.374 e. The molecule has 1 unspecified atom stereocenters. The summed E-state index contributed by atoms with van der Waals surface area (Å²) in [6.07, 6.45) is 7.57. The third kappa shape index (κ3) is 8.48. The SMILES string of the molecule is Cc1cc(-c2ncnn3cc(-c4ccc5c(c4)CCN(CCCc4ccc(NC6CCC(=O)NC6=O)cc4)C5)cc23)ccc1CNC(=O)c1noc(C(C)(C)C)n1. The van der Waals surface area contributed by atoms with Crippen LogP contribution in [0.3, 0.4) is 0 Å². The standard InChI is InChI=1S/C44H47N9O4/c1-27-20-31(10-11-32(27)23-45-42(56)40-50-43(57-51-40)44(2,3)4)39-37-22-34(25-53(37)47-26-46-39)29-9-12-33-24-52(19-17-30(33)21-29)18-5-6-28-7-13-35(14-8-28)48-36-15-16-38(54)49-41(36)55/h7-14,20-22,25-26,36,48H,5-6,15-19,23-24H2,1-4H3,(H,45,56)(H,49,54,55). The first-order chi connectivity index (χ1) is 27.5. The number of fused-ring (bicyclic) bond motifs is 2. The first-order valence-electron chi connectivity index (χ1n) is 19.6. The number of anilines is 1. The predicted molar refractivity (Wildman–Crippen MR) is 216 cm³/mol. The van der Waals surface area contributed by atoms with Gasteiger partial charge in [-0.25, -0.2) is 9.50 Å². The molecule has 1 atom stereocenters. The number of carbonyl (C=O) groups excluding carboxylic acids is 3. The number of aryl methyl sites for hydroxylation is 2. The number of nitrogens with zero attached hydrogens (tertiary/aromatic N) is 6. The van der Waals surface area contributed by atoms with Crippen molar-refractivity contribution in [2.45, 2.75) is 84.3 Å². The molecule has 0 aliphatic carbocycles. The Hall–Kier alpha value is -6.21. The summed E-state index contributed by atoms with van der Waals surface area (Å²) in [7, 11) is 0. The van der Waals surface area contributed by atoms with Crippen molar-refractivity contribution in [2.75, 3.05) is 18.4 Å². The number of piperidine rings is 1. The fraction of sp³-hybridized carbons (Fsp3) is 0.341. The van der Waals surface area contributed by atoms with Crippen molar-refractivity contribution in [2.24, 2.45) is 0 Å². The Bertz CT molecular complexity index is 2460. The van der Waals surface area contributed by atoms with Crippen LogP contribution in [0.25, 0.3) is 27.9 Å². The second kappa shape index (κ2) is 15.7. The summed E-state index contributed by atoms with van der Waals surface area (Å²) in [6.45, 7) is 11.2. The van der Waals surface area contributed by atoms with E-state index in [2.05, 4.69) is 89.7 Å². The highest BCUT2D eigenvalue weighted by Gasteiger charge is 2.27. The molecule has 292 valence electrons. The van der Waals surface area contributed by atoms with Gasteiger partial charge in [-0.3, -0.25) is 24.6 Å². The Morgan fingerprint density at radius 1 is 0.965 bits per heavy atom. The molecule has 0 bridgehead atoms. The van der Waals surface area contributed by atoms with Crippen LogP contribution in [-0.4, -0.2) is 66.5 Å². The average Bonchev–Trinajstić information content (AvgIpc) is 3.88. The fourth-order valence-electron chi connectivity index (χ4n) is 7.52. The van der Waals surface area contributed by atoms with E-state index in [1.807, 2.05) is 56.5 Å². The molecule has 5 heterocycles. The fourth-order valence-corrected chi connectivity index (χ4v) is 7.52. The van der Waals surface area contributed by atoms with Crippen LogP contribution in [0.5, 0.6) is 0 Å². The average molecular weight is 766 g/mol. The predicted octanol–water partition coefficient (Wildman–Crippen LogP) is 6.19. The second-order valence-electron chi connectivity index (χ2n) is 16.1. The lowest BCUT2D eigenvalue weighted by Crippen LogP contribution is -2.47. The quantitative estimate of drug-likeness (QED) is 0.130. The number of carbonyl (C=O) groups is 3. The highest BCUT2D eigenvalue weighted by Crippen LogP contribution is 2.31. The molecule has 0 spiro atoms. The number of aromatic nitrogens is 5. The molecule has 0 saturated carbocycles. The number of benzene rings is 3. The number of hydrogen-bond donors (Lipinski definition) is 3. The van der Waals surface area contributed by atoms with Gasteiger partial charge in [-0.2, -0.15) is 10.1 Å². The van der Waals surface area contributed by atoms with Gasteiger partial charge in [0.1, 0.15) is 12.4 Å². The van der Waals surface area contributed by atoms with Gasteiger partial charge in [0.2, 0.25) is 17.7 Å². The summed E-state index contributed by atoms with van der Waals surface area (Å²) in [5.41, 5.74) is 11.6. The zero-order valence-corrected chi connectivity index (χ0v) is 32.8. The van der Waals surface area contributed by atoms with Crippen molar-refractivity contribution in [1.82, 2.24) is 40.3 Å². The highest BCUT2D eigenvalue weighted by molar-refractivity contribution is 6.01. The molecule has 3 amide bonds. The molecule has 0 radical (unpaired) electrons. The van der Waals surface area contributed by atoms with Crippen molar-refractivity contribution in [3.63, 3.8) is 0 Å². The van der Waals surface area contributed by atoms with Crippen LogP contribution in [0.4, 0.5) is 5.69 Å². The Balaban J connectivity index is 0.867. The molecule has 3 aromatic carbocycles. The maximum atomic E-state index is 12.7. The summed E-state index contributed by atoms with van der Waals surface area (Å²) in [6, 6.07) is 23.0. The number of amides is 3. The third-order valence-corrected chi connectivity index (χ3v) is 10.8. The minimum atomic E-state index is -0.380. The van der Waals surface area contributed by atoms with Crippen LogP contribution >= 0.6 is 0 Å². The van der Waals surface area contributed by atoms with E-state index in [0.29, 0.717) is 25.3 Å². The molecule has 57 heavy (non-hydrogen) atoms. The molecule has 6 aromatic rings. The maximum absolute atomic E-state index is 12.7. The molecule has 3 N–H and O–H groups in total. The molecule has 13 nitrogen and oxygen atoms in total. The van der Waals surface area contributed by atoms with Gasteiger partial charge in [0.05, 0.1) is 11.2 Å². The molecule has 2 aliphatic rings. The summed E-state index contributed by atoms with van der Waals surface area (Å²) < 4.78 is 7.17. The topological polar surface area (TPSA) is 160 Å². The van der Waals surface area contributed by atoms with E-state index in [9.17, 15) is 14.4 Å². The first-order valence-corrected chi connectivity index (χ1v) is 19.6. The third-order valence-electron chi connectivity index (χ3n) is 10.8. The monoisotopic (exact) mass is 765 g/mol. The van der Waals surface area contributed by atoms with Crippen molar-refractivity contribution in [1.29, 1.82) is 0 Å². The molecule has 1 fully saturated rings. The Labute approximate surface area is 331 Å². The summed E-state index contributed by atoms with van der Waals surface area (Å²) in [5, 5.41) is 16.9. The van der Waals surface area contributed by atoms with Crippen LogP contribution in [0.1, 0.15) is 84.4 Å². The van der Waals surface area contributed by atoms with Gasteiger partial charge in [-0.15, -0.1) is 0 Å². The Morgan fingerprint density at radius 2 is 1.79 bits per heavy atom. The lowest BCUT2D eigenvalue weighted by molar-refractivity contribution is -0.133. The van der Waals surface area contributed by atoms with Gasteiger partial charge in [0, 0.05) is 54.5 Å². The van der Waals surface area contributed by atoms with Gasteiger partial charge in [-0.05, 0) is 96.8 Å². The lowest BCUT2D eigenvalue weighted by atomic mass is 9.95. The molecule has 1 saturated heterocycles. The van der Waals surface area contributed by atoms with Gasteiger partial charge >= 0.3 is 0 Å².